The number of halogens is 3. The first-order chi connectivity index (χ1) is 15.3. The number of allylic oxidation sites excluding steroid dienone is 2. The van der Waals surface area contributed by atoms with Gasteiger partial charge >= 0.3 is 5.97 Å². The van der Waals surface area contributed by atoms with Crippen molar-refractivity contribution in [1.82, 2.24) is 0 Å². The van der Waals surface area contributed by atoms with Crippen LogP contribution in [0.25, 0.3) is 0 Å². The lowest BCUT2D eigenvalue weighted by Crippen LogP contribution is -2.25. The van der Waals surface area contributed by atoms with Crippen molar-refractivity contribution in [3.63, 3.8) is 0 Å². The summed E-state index contributed by atoms with van der Waals surface area (Å²) >= 11 is 15.6. The van der Waals surface area contributed by atoms with Crippen molar-refractivity contribution in [2.24, 2.45) is 5.73 Å². The molecule has 0 amide bonds. The number of hydrogen-bond acceptors (Lipinski definition) is 6. The van der Waals surface area contributed by atoms with Gasteiger partial charge in [0.05, 0.1) is 22.6 Å². The molecule has 0 fully saturated rings. The summed E-state index contributed by atoms with van der Waals surface area (Å²) in [4.78, 5) is 12.6. The van der Waals surface area contributed by atoms with Gasteiger partial charge in [-0.15, -0.1) is 0 Å². The second kappa shape index (κ2) is 10.3. The van der Waals surface area contributed by atoms with Crippen LogP contribution in [0.4, 0.5) is 0 Å². The lowest BCUT2D eigenvalue weighted by molar-refractivity contribution is -0.139. The zero-order chi connectivity index (χ0) is 23.4. The molecule has 6 nitrogen and oxygen atoms in total. The average molecular weight is 538 g/mol. The number of nitrogens with zero attached hydrogens (tertiary/aromatic N) is 1. The number of esters is 1. The molecule has 166 valence electrons. The first-order valence-electron chi connectivity index (χ1n) is 9.58. The molecule has 0 radical (unpaired) electrons. The number of benzene rings is 2. The predicted octanol–water partition coefficient (Wildman–Crippen LogP) is 5.98. The van der Waals surface area contributed by atoms with Gasteiger partial charge in [0.1, 0.15) is 29.8 Å². The summed E-state index contributed by atoms with van der Waals surface area (Å²) in [5.41, 5.74) is 7.73. The van der Waals surface area contributed by atoms with E-state index < -0.39 is 11.9 Å². The maximum Gasteiger partial charge on any atom is 0.338 e. The van der Waals surface area contributed by atoms with E-state index in [1.807, 2.05) is 0 Å². The van der Waals surface area contributed by atoms with Crippen LogP contribution in [0, 0.1) is 11.3 Å². The van der Waals surface area contributed by atoms with E-state index in [-0.39, 0.29) is 30.2 Å². The summed E-state index contributed by atoms with van der Waals surface area (Å²) in [7, 11) is 0. The maximum absolute atomic E-state index is 12.6. The molecule has 0 saturated heterocycles. The van der Waals surface area contributed by atoms with Gasteiger partial charge in [-0.05, 0) is 59.6 Å². The minimum absolute atomic E-state index is 0.0446. The number of hydrogen-bond donors (Lipinski definition) is 1. The van der Waals surface area contributed by atoms with Crippen LogP contribution in [-0.4, -0.2) is 12.6 Å². The summed E-state index contributed by atoms with van der Waals surface area (Å²) in [6, 6.07) is 12.5. The average Bonchev–Trinajstić information content (AvgIpc) is 2.73. The van der Waals surface area contributed by atoms with Crippen molar-refractivity contribution in [2.45, 2.75) is 26.4 Å². The molecule has 1 aliphatic rings. The molecule has 0 spiro atoms. The smallest absolute Gasteiger partial charge is 0.338 e. The van der Waals surface area contributed by atoms with Crippen LogP contribution in [0.15, 0.2) is 63.7 Å². The van der Waals surface area contributed by atoms with Gasteiger partial charge in [-0.1, -0.05) is 35.3 Å². The zero-order valence-corrected chi connectivity index (χ0v) is 20.3. The fraction of sp³-hybridized carbons (Fsp3) is 0.217. The molecular formula is C23H19BrCl2N2O4. The molecule has 0 saturated carbocycles. The summed E-state index contributed by atoms with van der Waals surface area (Å²) < 4.78 is 17.1. The van der Waals surface area contributed by atoms with Crippen molar-refractivity contribution in [3.8, 4) is 11.8 Å². The van der Waals surface area contributed by atoms with Crippen LogP contribution in [0.3, 0.4) is 0 Å². The van der Waals surface area contributed by atoms with E-state index in [9.17, 15) is 10.1 Å². The number of carbonyl (C=O) groups is 1. The minimum Gasteiger partial charge on any atom is -0.488 e. The number of rotatable bonds is 6. The quantitative estimate of drug-likeness (QED) is 0.455. The molecule has 9 heteroatoms. The predicted molar refractivity (Wildman–Crippen MR) is 125 cm³/mol. The van der Waals surface area contributed by atoms with Gasteiger partial charge in [0.25, 0.3) is 0 Å². The third kappa shape index (κ3) is 5.04. The molecule has 32 heavy (non-hydrogen) atoms. The summed E-state index contributed by atoms with van der Waals surface area (Å²) in [5, 5.41) is 10.7. The second-order valence-corrected chi connectivity index (χ2v) is 8.53. The second-order valence-electron chi connectivity index (χ2n) is 6.83. The van der Waals surface area contributed by atoms with Gasteiger partial charge in [-0.3, -0.25) is 0 Å². The Morgan fingerprint density at radius 1 is 1.28 bits per heavy atom. The van der Waals surface area contributed by atoms with Crippen molar-refractivity contribution >= 4 is 45.1 Å². The molecule has 1 atom stereocenters. The summed E-state index contributed by atoms with van der Waals surface area (Å²) in [5.74, 6) is -0.496. The number of ether oxygens (including phenoxy) is 3. The van der Waals surface area contributed by atoms with E-state index in [0.717, 1.165) is 5.56 Å². The van der Waals surface area contributed by atoms with Gasteiger partial charge in [-0.2, -0.15) is 5.26 Å². The first kappa shape index (κ1) is 24.0. The molecule has 2 aromatic rings. The Labute approximate surface area is 204 Å². The van der Waals surface area contributed by atoms with Crippen LogP contribution < -0.4 is 10.5 Å². The molecule has 0 aromatic heterocycles. The van der Waals surface area contributed by atoms with Gasteiger partial charge in [0, 0.05) is 15.6 Å². The van der Waals surface area contributed by atoms with Crippen molar-refractivity contribution < 1.29 is 19.0 Å². The fourth-order valence-electron chi connectivity index (χ4n) is 3.30. The highest BCUT2D eigenvalue weighted by Gasteiger charge is 2.36. The van der Waals surface area contributed by atoms with E-state index in [1.165, 1.54) is 0 Å². The van der Waals surface area contributed by atoms with Gasteiger partial charge in [0.15, 0.2) is 0 Å². The van der Waals surface area contributed by atoms with Crippen molar-refractivity contribution in [2.75, 3.05) is 6.61 Å². The molecule has 0 bridgehead atoms. The number of carbonyl (C=O) groups excluding carboxylic acids is 1. The highest BCUT2D eigenvalue weighted by molar-refractivity contribution is 9.10. The first-order valence-corrected chi connectivity index (χ1v) is 11.1. The zero-order valence-electron chi connectivity index (χ0n) is 17.2. The summed E-state index contributed by atoms with van der Waals surface area (Å²) in [6.45, 7) is 3.74. The lowest BCUT2D eigenvalue weighted by Gasteiger charge is -2.27. The Kier molecular flexibility index (Phi) is 7.73. The summed E-state index contributed by atoms with van der Waals surface area (Å²) in [6.07, 6.45) is 0. The maximum atomic E-state index is 12.6. The van der Waals surface area contributed by atoms with Crippen LogP contribution in [-0.2, 0) is 20.9 Å². The minimum atomic E-state index is -0.733. The van der Waals surface area contributed by atoms with E-state index in [2.05, 4.69) is 22.0 Å². The Balaban J connectivity index is 1.93. The largest absolute Gasteiger partial charge is 0.488 e. The third-order valence-corrected chi connectivity index (χ3v) is 6.00. The molecule has 2 N–H and O–H groups in total. The molecular weight excluding hydrogens is 519 g/mol. The Hall–Kier alpha value is -2.66. The monoisotopic (exact) mass is 536 g/mol. The standard InChI is InChI=1S/C23H19BrCl2N2O4/c1-3-30-23(29)20-12(2)32-22(28)16(10-27)21(20)13-5-7-19(17(24)8-13)31-11-14-4-6-15(25)9-18(14)26/h4-9,21H,3,11,28H2,1-2H3. The van der Waals surface area contributed by atoms with Crippen LogP contribution in [0.2, 0.25) is 10.0 Å². The highest BCUT2D eigenvalue weighted by Crippen LogP contribution is 2.41. The van der Waals surface area contributed by atoms with Gasteiger partial charge in [0.2, 0.25) is 5.88 Å². The molecule has 1 aliphatic heterocycles. The van der Waals surface area contributed by atoms with Crippen LogP contribution in [0.1, 0.15) is 30.9 Å². The van der Waals surface area contributed by atoms with E-state index in [0.29, 0.717) is 31.6 Å². The SMILES string of the molecule is CCOC(=O)C1=C(C)OC(N)=C(C#N)C1c1ccc(OCc2ccc(Cl)cc2Cl)c(Br)c1. The third-order valence-electron chi connectivity index (χ3n) is 4.79. The Bertz CT molecular complexity index is 1170. The molecule has 1 heterocycles. The Morgan fingerprint density at radius 3 is 2.66 bits per heavy atom. The highest BCUT2D eigenvalue weighted by atomic mass is 79.9. The number of nitriles is 1. The molecule has 0 aliphatic carbocycles. The van der Waals surface area contributed by atoms with E-state index >= 15 is 0 Å². The fourth-order valence-corrected chi connectivity index (χ4v) is 4.27. The molecule has 3 rings (SSSR count). The Morgan fingerprint density at radius 2 is 2.03 bits per heavy atom. The number of nitrogens with two attached hydrogens (primary N) is 1. The van der Waals surface area contributed by atoms with Crippen molar-refractivity contribution in [1.29, 1.82) is 5.26 Å². The van der Waals surface area contributed by atoms with Gasteiger partial charge in [-0.25, -0.2) is 4.79 Å². The normalized spacial score (nSPS) is 15.8. The van der Waals surface area contributed by atoms with E-state index in [1.54, 1.807) is 50.2 Å². The van der Waals surface area contributed by atoms with Crippen LogP contribution >= 0.6 is 39.1 Å². The molecule has 1 unspecified atom stereocenters. The van der Waals surface area contributed by atoms with E-state index in [4.69, 9.17) is 43.1 Å². The lowest BCUT2D eigenvalue weighted by atomic mass is 9.83. The van der Waals surface area contributed by atoms with Crippen molar-refractivity contribution in [3.05, 3.63) is 84.8 Å². The van der Waals surface area contributed by atoms with Crippen LogP contribution in [0.5, 0.6) is 5.75 Å². The molecule has 2 aromatic carbocycles. The van der Waals surface area contributed by atoms with Gasteiger partial charge < -0.3 is 19.9 Å². The topological polar surface area (TPSA) is 94.6 Å².